The van der Waals surface area contributed by atoms with E-state index in [9.17, 15) is 0 Å². The van der Waals surface area contributed by atoms with Crippen LogP contribution in [0.5, 0.6) is 0 Å². The second-order valence-electron chi connectivity index (χ2n) is 3.39. The molecular weight excluding hydrogens is 178 g/mol. The number of unbranched alkanes of at least 4 members (excludes halogenated alkanes) is 2. The summed E-state index contributed by atoms with van der Waals surface area (Å²) in [6.45, 7) is 6.42. The second-order valence-corrected chi connectivity index (χ2v) is 3.39. The molecule has 0 heterocycles. The molecule has 0 spiro atoms. The lowest BCUT2D eigenvalue weighted by Crippen LogP contribution is -2.17. The third-order valence-corrected chi connectivity index (χ3v) is 2.00. The highest BCUT2D eigenvalue weighted by atomic mass is 16.7. The van der Waals surface area contributed by atoms with Gasteiger partial charge in [0.1, 0.15) is 0 Å². The molecule has 3 nitrogen and oxygen atoms in total. The summed E-state index contributed by atoms with van der Waals surface area (Å²) in [7, 11) is 0. The zero-order valence-electron chi connectivity index (χ0n) is 9.63. The zero-order chi connectivity index (χ0) is 10.6. The van der Waals surface area contributed by atoms with E-state index in [1.807, 2.05) is 6.92 Å². The van der Waals surface area contributed by atoms with Crippen LogP contribution in [-0.4, -0.2) is 26.0 Å². The molecule has 0 saturated carbocycles. The summed E-state index contributed by atoms with van der Waals surface area (Å²) in [5.41, 5.74) is 5.42. The first-order chi connectivity index (χ1) is 6.85. The first-order valence-electron chi connectivity index (χ1n) is 5.78. The predicted molar refractivity (Wildman–Crippen MR) is 59.2 cm³/mol. The van der Waals surface area contributed by atoms with Gasteiger partial charge in [-0.1, -0.05) is 13.3 Å². The Morgan fingerprint density at radius 2 is 1.86 bits per heavy atom. The number of ether oxygens (including phenoxy) is 2. The van der Waals surface area contributed by atoms with Crippen LogP contribution in [0.2, 0.25) is 0 Å². The lowest BCUT2D eigenvalue weighted by molar-refractivity contribution is -0.143. The van der Waals surface area contributed by atoms with Gasteiger partial charge in [-0.2, -0.15) is 0 Å². The minimum absolute atomic E-state index is 0.00211. The molecule has 86 valence electrons. The van der Waals surface area contributed by atoms with Gasteiger partial charge in [-0.05, 0) is 39.2 Å². The summed E-state index contributed by atoms with van der Waals surface area (Å²) >= 11 is 0. The molecule has 0 aromatic rings. The molecule has 0 amide bonds. The lowest BCUT2D eigenvalue weighted by atomic mass is 10.2. The molecular formula is C11H25NO2. The molecule has 1 atom stereocenters. The summed E-state index contributed by atoms with van der Waals surface area (Å²) in [6, 6.07) is 0. The van der Waals surface area contributed by atoms with Gasteiger partial charge < -0.3 is 15.2 Å². The van der Waals surface area contributed by atoms with Gasteiger partial charge in [0.15, 0.2) is 6.29 Å². The third kappa shape index (κ3) is 8.48. The summed E-state index contributed by atoms with van der Waals surface area (Å²) in [5.74, 6) is 0. The van der Waals surface area contributed by atoms with Crippen molar-refractivity contribution in [3.05, 3.63) is 0 Å². The molecule has 1 unspecified atom stereocenters. The first kappa shape index (κ1) is 13.9. The van der Waals surface area contributed by atoms with Crippen molar-refractivity contribution in [1.82, 2.24) is 0 Å². The largest absolute Gasteiger partial charge is 0.353 e. The molecule has 0 rings (SSSR count). The molecule has 0 aromatic carbocycles. The van der Waals surface area contributed by atoms with E-state index in [0.717, 1.165) is 45.4 Å². The predicted octanol–water partition coefficient (Wildman–Crippen LogP) is 2.29. The Hall–Kier alpha value is -0.120. The van der Waals surface area contributed by atoms with Crippen LogP contribution >= 0.6 is 0 Å². The van der Waals surface area contributed by atoms with Gasteiger partial charge in [-0.3, -0.25) is 0 Å². The van der Waals surface area contributed by atoms with E-state index in [4.69, 9.17) is 15.2 Å². The van der Waals surface area contributed by atoms with Crippen molar-refractivity contribution in [2.75, 3.05) is 19.8 Å². The van der Waals surface area contributed by atoms with E-state index < -0.39 is 0 Å². The van der Waals surface area contributed by atoms with Crippen LogP contribution in [0.1, 0.15) is 46.0 Å². The fourth-order valence-electron chi connectivity index (χ4n) is 1.28. The molecule has 0 radical (unpaired) electrons. The summed E-state index contributed by atoms with van der Waals surface area (Å²) in [4.78, 5) is 0. The molecule has 2 N–H and O–H groups in total. The van der Waals surface area contributed by atoms with Gasteiger partial charge in [0.25, 0.3) is 0 Å². The number of rotatable bonds is 10. The molecule has 0 fully saturated rings. The molecule has 0 aliphatic heterocycles. The minimum atomic E-state index is -0.00211. The molecule has 0 aliphatic rings. The molecule has 0 bridgehead atoms. The second kappa shape index (κ2) is 11.0. The molecule has 3 heteroatoms. The van der Waals surface area contributed by atoms with E-state index in [2.05, 4.69) is 6.92 Å². The quantitative estimate of drug-likeness (QED) is 0.437. The fraction of sp³-hybridized carbons (Fsp3) is 1.00. The van der Waals surface area contributed by atoms with Crippen molar-refractivity contribution < 1.29 is 9.47 Å². The summed E-state index contributed by atoms with van der Waals surface area (Å²) in [5, 5.41) is 0. The first-order valence-corrected chi connectivity index (χ1v) is 5.78. The Balaban J connectivity index is 3.40. The average Bonchev–Trinajstić information content (AvgIpc) is 2.20. The number of hydrogen-bond acceptors (Lipinski definition) is 3. The van der Waals surface area contributed by atoms with Gasteiger partial charge in [-0.25, -0.2) is 0 Å². The normalized spacial score (nSPS) is 13.1. The molecule has 14 heavy (non-hydrogen) atoms. The van der Waals surface area contributed by atoms with Crippen LogP contribution in [0, 0.1) is 0 Å². The van der Waals surface area contributed by atoms with Crippen LogP contribution in [0.3, 0.4) is 0 Å². The van der Waals surface area contributed by atoms with Gasteiger partial charge in [0, 0.05) is 13.2 Å². The lowest BCUT2D eigenvalue weighted by Gasteiger charge is -2.17. The van der Waals surface area contributed by atoms with Crippen LogP contribution in [0.25, 0.3) is 0 Å². The Kier molecular flexibility index (Phi) is 10.9. The molecule has 0 aromatic heterocycles. The van der Waals surface area contributed by atoms with Crippen molar-refractivity contribution in [3.63, 3.8) is 0 Å². The highest BCUT2D eigenvalue weighted by Gasteiger charge is 2.06. The number of hydrogen-bond donors (Lipinski definition) is 1. The molecule has 0 aliphatic carbocycles. The summed E-state index contributed by atoms with van der Waals surface area (Å²) in [6.07, 6.45) is 5.46. The monoisotopic (exact) mass is 203 g/mol. The smallest absolute Gasteiger partial charge is 0.157 e. The third-order valence-electron chi connectivity index (χ3n) is 2.00. The standard InChI is InChI=1S/C11H25NO2/c1-3-10-14-11(13-4-2)8-6-5-7-9-12/h11H,3-10,12H2,1-2H3. The Bertz CT molecular complexity index is 109. The van der Waals surface area contributed by atoms with Crippen LogP contribution in [0.4, 0.5) is 0 Å². The van der Waals surface area contributed by atoms with E-state index in [-0.39, 0.29) is 6.29 Å². The van der Waals surface area contributed by atoms with E-state index >= 15 is 0 Å². The Labute approximate surface area is 88.0 Å². The van der Waals surface area contributed by atoms with E-state index in [1.165, 1.54) is 6.42 Å². The van der Waals surface area contributed by atoms with Crippen LogP contribution in [-0.2, 0) is 9.47 Å². The van der Waals surface area contributed by atoms with E-state index in [1.54, 1.807) is 0 Å². The van der Waals surface area contributed by atoms with Crippen molar-refractivity contribution in [3.8, 4) is 0 Å². The number of nitrogens with two attached hydrogens (primary N) is 1. The maximum absolute atomic E-state index is 5.56. The van der Waals surface area contributed by atoms with Gasteiger partial charge in [0.2, 0.25) is 0 Å². The maximum atomic E-state index is 5.56. The van der Waals surface area contributed by atoms with Crippen LogP contribution in [0.15, 0.2) is 0 Å². The van der Waals surface area contributed by atoms with Crippen molar-refractivity contribution in [2.24, 2.45) is 5.73 Å². The van der Waals surface area contributed by atoms with Crippen LogP contribution < -0.4 is 5.73 Å². The maximum Gasteiger partial charge on any atom is 0.157 e. The highest BCUT2D eigenvalue weighted by molar-refractivity contribution is 4.48. The van der Waals surface area contributed by atoms with Gasteiger partial charge in [0.05, 0.1) is 0 Å². The molecule has 0 saturated heterocycles. The average molecular weight is 203 g/mol. The van der Waals surface area contributed by atoms with Gasteiger partial charge >= 0.3 is 0 Å². The Morgan fingerprint density at radius 3 is 2.43 bits per heavy atom. The van der Waals surface area contributed by atoms with Crippen molar-refractivity contribution >= 4 is 0 Å². The SMILES string of the molecule is CCCOC(CCCCCN)OCC. The topological polar surface area (TPSA) is 44.5 Å². The van der Waals surface area contributed by atoms with Gasteiger partial charge in [-0.15, -0.1) is 0 Å². The van der Waals surface area contributed by atoms with Crippen molar-refractivity contribution in [2.45, 2.75) is 52.2 Å². The fourth-order valence-corrected chi connectivity index (χ4v) is 1.28. The highest BCUT2D eigenvalue weighted by Crippen LogP contribution is 2.08. The minimum Gasteiger partial charge on any atom is -0.353 e. The Morgan fingerprint density at radius 1 is 1.07 bits per heavy atom. The van der Waals surface area contributed by atoms with Crippen molar-refractivity contribution in [1.29, 1.82) is 0 Å². The zero-order valence-corrected chi connectivity index (χ0v) is 9.63. The van der Waals surface area contributed by atoms with E-state index in [0.29, 0.717) is 0 Å². The summed E-state index contributed by atoms with van der Waals surface area (Å²) < 4.78 is 11.0.